The van der Waals surface area contributed by atoms with Gasteiger partial charge in [0.15, 0.2) is 0 Å². The highest BCUT2D eigenvalue weighted by Gasteiger charge is 2.11. The van der Waals surface area contributed by atoms with Crippen molar-refractivity contribution in [2.24, 2.45) is 0 Å². The number of aryl methyl sites for hydroxylation is 1. The summed E-state index contributed by atoms with van der Waals surface area (Å²) in [7, 11) is 0. The molecule has 1 heteroatoms. The average molecular weight is 320 g/mol. The Bertz CT molecular complexity index is 971. The first-order chi connectivity index (χ1) is 12.3. The molecule has 0 saturated heterocycles. The van der Waals surface area contributed by atoms with Crippen LogP contribution in [0.25, 0.3) is 33.5 Å². The van der Waals surface area contributed by atoms with Crippen molar-refractivity contribution in [3.63, 3.8) is 0 Å². The number of hydrogen-bond donors (Lipinski definition) is 0. The van der Waals surface area contributed by atoms with Crippen molar-refractivity contribution in [3.8, 4) is 33.5 Å². The summed E-state index contributed by atoms with van der Waals surface area (Å²) in [6.07, 6.45) is 1.91. The summed E-state index contributed by atoms with van der Waals surface area (Å²) >= 11 is 0. The number of nitrogens with zero attached hydrogens (tertiary/aromatic N) is 1. The molecule has 0 bridgehead atoms. The summed E-state index contributed by atoms with van der Waals surface area (Å²) in [6.45, 7) is 2.10. The Hall–Kier alpha value is -3.19. The van der Waals surface area contributed by atoms with E-state index in [0.717, 1.165) is 33.5 Å². The Morgan fingerprint density at radius 1 is 0.640 bits per heavy atom. The fourth-order valence-electron chi connectivity index (χ4n) is 2.93. The van der Waals surface area contributed by atoms with E-state index in [9.17, 15) is 0 Å². The molecule has 0 aliphatic rings. The maximum absolute atomic E-state index is 4.80. The van der Waals surface area contributed by atoms with Gasteiger partial charge in [0.2, 0.25) is 0 Å². The zero-order chi connectivity index (χ0) is 17.1. The van der Waals surface area contributed by atoms with Crippen LogP contribution >= 0.6 is 0 Å². The molecular formula is C24H18N. The molecule has 0 fully saturated rings. The average Bonchev–Trinajstić information content (AvgIpc) is 2.70. The topological polar surface area (TPSA) is 12.9 Å². The molecule has 0 N–H and O–H groups in total. The first kappa shape index (κ1) is 15.3. The van der Waals surface area contributed by atoms with E-state index in [1.807, 2.05) is 30.5 Å². The summed E-state index contributed by atoms with van der Waals surface area (Å²) in [5.74, 6) is 0. The fraction of sp³-hybridized carbons (Fsp3) is 0.0417. The third-order valence-electron chi connectivity index (χ3n) is 4.29. The monoisotopic (exact) mass is 320 g/mol. The van der Waals surface area contributed by atoms with E-state index in [-0.39, 0.29) is 0 Å². The van der Waals surface area contributed by atoms with Crippen molar-refractivity contribution in [3.05, 3.63) is 103 Å². The molecule has 1 aromatic heterocycles. The van der Waals surface area contributed by atoms with Crippen molar-refractivity contribution >= 4 is 0 Å². The number of rotatable bonds is 3. The highest BCUT2D eigenvalue weighted by molar-refractivity contribution is 5.83. The lowest BCUT2D eigenvalue weighted by Crippen LogP contribution is -1.92. The molecule has 3 aromatic carbocycles. The van der Waals surface area contributed by atoms with Crippen LogP contribution in [-0.2, 0) is 0 Å². The van der Waals surface area contributed by atoms with E-state index in [0.29, 0.717) is 0 Å². The van der Waals surface area contributed by atoms with Crippen molar-refractivity contribution in [1.29, 1.82) is 0 Å². The van der Waals surface area contributed by atoms with E-state index in [4.69, 9.17) is 4.98 Å². The van der Waals surface area contributed by atoms with E-state index in [2.05, 4.69) is 73.7 Å². The van der Waals surface area contributed by atoms with Gasteiger partial charge in [0.1, 0.15) is 0 Å². The second-order valence-corrected chi connectivity index (χ2v) is 6.12. The molecule has 119 valence electrons. The summed E-state index contributed by atoms with van der Waals surface area (Å²) in [5.41, 5.74) is 7.62. The Kier molecular flexibility index (Phi) is 4.14. The number of aromatic nitrogens is 1. The summed E-state index contributed by atoms with van der Waals surface area (Å²) in [4.78, 5) is 4.80. The number of hydrogen-bond acceptors (Lipinski definition) is 1. The summed E-state index contributed by atoms with van der Waals surface area (Å²) in [5, 5.41) is 0. The second kappa shape index (κ2) is 6.74. The molecule has 0 amide bonds. The number of benzene rings is 3. The fourth-order valence-corrected chi connectivity index (χ4v) is 2.93. The first-order valence-corrected chi connectivity index (χ1v) is 8.41. The van der Waals surface area contributed by atoms with E-state index in [1.165, 1.54) is 5.56 Å². The lowest BCUT2D eigenvalue weighted by Gasteiger charge is -2.12. The van der Waals surface area contributed by atoms with Gasteiger partial charge >= 0.3 is 0 Å². The van der Waals surface area contributed by atoms with Crippen molar-refractivity contribution in [2.75, 3.05) is 0 Å². The SMILES string of the molecule is Cc1ccc(-c2ncc(-c3ccccc3)[c]c2-c2ccccc2)cc1. The first-order valence-electron chi connectivity index (χ1n) is 8.41. The van der Waals surface area contributed by atoms with Gasteiger partial charge in [0.25, 0.3) is 0 Å². The molecule has 4 aromatic rings. The number of pyridine rings is 1. The van der Waals surface area contributed by atoms with Gasteiger partial charge in [0, 0.05) is 29.0 Å². The van der Waals surface area contributed by atoms with Gasteiger partial charge in [-0.05, 0) is 18.1 Å². The second-order valence-electron chi connectivity index (χ2n) is 6.12. The Morgan fingerprint density at radius 3 is 1.88 bits per heavy atom. The lowest BCUT2D eigenvalue weighted by atomic mass is 9.95. The molecule has 25 heavy (non-hydrogen) atoms. The molecule has 0 spiro atoms. The molecule has 0 saturated carbocycles. The maximum atomic E-state index is 4.80. The van der Waals surface area contributed by atoms with Crippen LogP contribution in [0.1, 0.15) is 5.56 Å². The third-order valence-corrected chi connectivity index (χ3v) is 4.29. The minimum Gasteiger partial charge on any atom is -0.255 e. The normalized spacial score (nSPS) is 10.6. The highest BCUT2D eigenvalue weighted by Crippen LogP contribution is 2.33. The van der Waals surface area contributed by atoms with Gasteiger partial charge in [-0.2, -0.15) is 0 Å². The van der Waals surface area contributed by atoms with Gasteiger partial charge in [-0.1, -0.05) is 90.5 Å². The zero-order valence-electron chi connectivity index (χ0n) is 14.1. The van der Waals surface area contributed by atoms with Gasteiger partial charge in [-0.3, -0.25) is 4.98 Å². The molecule has 0 atom stereocenters. The maximum Gasteiger partial charge on any atom is 0.0787 e. The zero-order valence-corrected chi connectivity index (χ0v) is 14.1. The third kappa shape index (κ3) is 3.22. The van der Waals surface area contributed by atoms with Crippen LogP contribution in [0.2, 0.25) is 0 Å². The van der Waals surface area contributed by atoms with Crippen molar-refractivity contribution in [1.82, 2.24) is 4.98 Å². The quantitative estimate of drug-likeness (QED) is 0.438. The van der Waals surface area contributed by atoms with Gasteiger partial charge < -0.3 is 0 Å². The molecule has 0 aliphatic carbocycles. The van der Waals surface area contributed by atoms with Crippen LogP contribution in [0, 0.1) is 13.0 Å². The lowest BCUT2D eigenvalue weighted by molar-refractivity contribution is 1.32. The largest absolute Gasteiger partial charge is 0.255 e. The predicted octanol–water partition coefficient (Wildman–Crippen LogP) is 6.19. The Labute approximate surface area is 148 Å². The van der Waals surface area contributed by atoms with E-state index >= 15 is 0 Å². The van der Waals surface area contributed by atoms with Crippen molar-refractivity contribution in [2.45, 2.75) is 6.92 Å². The van der Waals surface area contributed by atoms with Gasteiger partial charge in [0.05, 0.1) is 5.69 Å². The minimum atomic E-state index is 0.964. The molecular weight excluding hydrogens is 302 g/mol. The van der Waals surface area contributed by atoms with Crippen molar-refractivity contribution < 1.29 is 0 Å². The smallest absolute Gasteiger partial charge is 0.0787 e. The Morgan fingerprint density at radius 2 is 1.24 bits per heavy atom. The van der Waals surface area contributed by atoms with Crippen LogP contribution in [0.15, 0.2) is 91.1 Å². The molecule has 1 nitrogen and oxygen atoms in total. The molecule has 0 unspecified atom stereocenters. The van der Waals surface area contributed by atoms with Crippen LogP contribution in [-0.4, -0.2) is 4.98 Å². The molecule has 0 aliphatic heterocycles. The summed E-state index contributed by atoms with van der Waals surface area (Å²) < 4.78 is 0. The molecule has 1 heterocycles. The summed E-state index contributed by atoms with van der Waals surface area (Å²) in [6, 6.07) is 32.7. The Balaban J connectivity index is 1.91. The molecule has 4 rings (SSSR count). The van der Waals surface area contributed by atoms with Crippen LogP contribution in [0.4, 0.5) is 0 Å². The van der Waals surface area contributed by atoms with E-state index < -0.39 is 0 Å². The molecule has 1 radical (unpaired) electrons. The minimum absolute atomic E-state index is 0.964. The van der Waals surface area contributed by atoms with Gasteiger partial charge in [-0.25, -0.2) is 0 Å². The van der Waals surface area contributed by atoms with Crippen LogP contribution < -0.4 is 0 Å². The van der Waals surface area contributed by atoms with Gasteiger partial charge in [-0.15, -0.1) is 0 Å². The highest BCUT2D eigenvalue weighted by atomic mass is 14.7. The van der Waals surface area contributed by atoms with E-state index in [1.54, 1.807) is 0 Å². The standard InChI is InChI=1S/C24H18N/c1-18-12-14-21(15-13-18)24-23(20-10-6-3-7-11-20)16-22(17-25-24)19-8-4-2-5-9-19/h2-15,17H,1H3. The van der Waals surface area contributed by atoms with Crippen LogP contribution in [0.5, 0.6) is 0 Å². The predicted molar refractivity (Wildman–Crippen MR) is 104 cm³/mol. The van der Waals surface area contributed by atoms with Crippen LogP contribution in [0.3, 0.4) is 0 Å².